The molecule has 3 nitrogen and oxygen atoms in total. The molecule has 0 aliphatic heterocycles. The van der Waals surface area contributed by atoms with Gasteiger partial charge < -0.3 is 5.32 Å². The lowest BCUT2D eigenvalue weighted by Gasteiger charge is -2.15. The molecule has 0 amide bonds. The fourth-order valence-electron chi connectivity index (χ4n) is 2.59. The van der Waals surface area contributed by atoms with E-state index in [-0.39, 0.29) is 6.04 Å². The Morgan fingerprint density at radius 3 is 2.57 bits per heavy atom. The fourth-order valence-corrected chi connectivity index (χ4v) is 2.87. The van der Waals surface area contributed by atoms with Gasteiger partial charge in [0.25, 0.3) is 0 Å². The van der Waals surface area contributed by atoms with E-state index in [0.29, 0.717) is 12.4 Å². The third-order valence-corrected chi connectivity index (χ3v) is 4.02. The Kier molecular flexibility index (Phi) is 4.23. The van der Waals surface area contributed by atoms with E-state index in [4.69, 9.17) is 11.6 Å². The van der Waals surface area contributed by atoms with Crippen LogP contribution >= 0.6 is 11.6 Å². The summed E-state index contributed by atoms with van der Waals surface area (Å²) < 4.78 is 1.92. The number of aromatic nitrogens is 2. The zero-order chi connectivity index (χ0) is 14.7. The molecule has 21 heavy (non-hydrogen) atoms. The highest BCUT2D eigenvalue weighted by Gasteiger charge is 2.12. The van der Waals surface area contributed by atoms with Crippen molar-refractivity contribution in [1.29, 1.82) is 0 Å². The van der Waals surface area contributed by atoms with E-state index < -0.39 is 0 Å². The summed E-state index contributed by atoms with van der Waals surface area (Å²) in [6, 6.07) is 18.7. The minimum atomic E-state index is 0.133. The van der Waals surface area contributed by atoms with E-state index >= 15 is 0 Å². The van der Waals surface area contributed by atoms with Crippen molar-refractivity contribution in [2.45, 2.75) is 12.6 Å². The highest BCUT2D eigenvalue weighted by Crippen LogP contribution is 2.19. The van der Waals surface area contributed by atoms with Crippen LogP contribution in [-0.2, 0) is 13.6 Å². The first kappa shape index (κ1) is 14.1. The molecule has 0 saturated carbocycles. The number of hydrogen-bond donors (Lipinski definition) is 1. The van der Waals surface area contributed by atoms with Crippen LogP contribution in [0.2, 0.25) is 0 Å². The average Bonchev–Trinajstić information content (AvgIpc) is 2.86. The largest absolute Gasteiger partial charge is 0.303 e. The molecule has 0 fully saturated rings. The Balaban J connectivity index is 1.80. The second-order valence-corrected chi connectivity index (χ2v) is 5.39. The number of para-hydroxylation sites is 1. The van der Waals surface area contributed by atoms with Crippen LogP contribution in [0, 0.1) is 0 Å². The maximum Gasteiger partial charge on any atom is 0.0841 e. The summed E-state index contributed by atoms with van der Waals surface area (Å²) in [4.78, 5) is 0. The van der Waals surface area contributed by atoms with Crippen LogP contribution in [0.3, 0.4) is 0 Å². The Morgan fingerprint density at radius 1 is 1.10 bits per heavy atom. The maximum absolute atomic E-state index is 6.10. The van der Waals surface area contributed by atoms with Gasteiger partial charge in [0.1, 0.15) is 0 Å². The topological polar surface area (TPSA) is 29.9 Å². The lowest BCUT2D eigenvalue weighted by Crippen LogP contribution is -2.22. The van der Waals surface area contributed by atoms with E-state index in [1.807, 2.05) is 42.1 Å². The normalized spacial score (nSPS) is 12.7. The number of nitrogens with one attached hydrogen (secondary N) is 1. The van der Waals surface area contributed by atoms with Gasteiger partial charge in [-0.15, -0.1) is 11.6 Å². The van der Waals surface area contributed by atoms with Crippen LogP contribution < -0.4 is 5.32 Å². The number of nitrogens with zero attached hydrogens (tertiary/aromatic N) is 2. The van der Waals surface area contributed by atoms with E-state index in [1.165, 1.54) is 10.9 Å². The number of aryl methyl sites for hydroxylation is 1. The van der Waals surface area contributed by atoms with Crippen LogP contribution in [0.1, 0.15) is 17.3 Å². The van der Waals surface area contributed by atoms with E-state index in [9.17, 15) is 0 Å². The average molecular weight is 300 g/mol. The molecule has 0 spiro atoms. The van der Waals surface area contributed by atoms with Crippen LogP contribution in [0.15, 0.2) is 54.6 Å². The van der Waals surface area contributed by atoms with E-state index in [0.717, 1.165) is 11.2 Å². The standard InChI is InChI=1S/C17H18ClN3/c1-21-17-10-6-5-9-14(17)16(20-21)12-19-15(11-18)13-7-3-2-4-8-13/h2-10,15,19H,11-12H2,1H3. The molecular weight excluding hydrogens is 282 g/mol. The summed E-state index contributed by atoms with van der Waals surface area (Å²) in [5, 5.41) is 9.29. The van der Waals surface area contributed by atoms with Crippen LogP contribution in [0.4, 0.5) is 0 Å². The number of alkyl halides is 1. The number of benzene rings is 2. The lowest BCUT2D eigenvalue weighted by atomic mass is 10.1. The zero-order valence-electron chi connectivity index (χ0n) is 12.0. The number of rotatable bonds is 5. The molecule has 0 radical (unpaired) electrons. The third-order valence-electron chi connectivity index (χ3n) is 3.71. The van der Waals surface area contributed by atoms with Crippen LogP contribution in [0.25, 0.3) is 10.9 Å². The van der Waals surface area contributed by atoms with Crippen molar-refractivity contribution < 1.29 is 0 Å². The van der Waals surface area contributed by atoms with Crippen molar-refractivity contribution in [3.05, 3.63) is 65.9 Å². The Labute approximate surface area is 129 Å². The van der Waals surface area contributed by atoms with Crippen molar-refractivity contribution in [1.82, 2.24) is 15.1 Å². The Morgan fingerprint density at radius 2 is 1.81 bits per heavy atom. The smallest absolute Gasteiger partial charge is 0.0841 e. The summed E-state index contributed by atoms with van der Waals surface area (Å²) in [6.07, 6.45) is 0. The molecule has 1 unspecified atom stereocenters. The fraction of sp³-hybridized carbons (Fsp3) is 0.235. The molecule has 3 rings (SSSR count). The van der Waals surface area contributed by atoms with Gasteiger partial charge in [-0.3, -0.25) is 4.68 Å². The summed E-state index contributed by atoms with van der Waals surface area (Å²) >= 11 is 6.10. The first-order chi connectivity index (χ1) is 10.3. The molecule has 1 N–H and O–H groups in total. The van der Waals surface area contributed by atoms with Crippen molar-refractivity contribution in [2.24, 2.45) is 7.05 Å². The van der Waals surface area contributed by atoms with Crippen molar-refractivity contribution in [3.63, 3.8) is 0 Å². The Hall–Kier alpha value is -1.84. The van der Waals surface area contributed by atoms with Crippen LogP contribution in [0.5, 0.6) is 0 Å². The van der Waals surface area contributed by atoms with Gasteiger partial charge in [0.05, 0.1) is 11.2 Å². The van der Waals surface area contributed by atoms with Crippen molar-refractivity contribution >= 4 is 22.5 Å². The van der Waals surface area contributed by atoms with E-state index in [2.05, 4.69) is 34.7 Å². The molecule has 0 saturated heterocycles. The minimum absolute atomic E-state index is 0.133. The number of fused-ring (bicyclic) bond motifs is 1. The molecule has 108 valence electrons. The Bertz CT molecular complexity index is 721. The molecule has 4 heteroatoms. The molecule has 0 bridgehead atoms. The van der Waals surface area contributed by atoms with Crippen molar-refractivity contribution in [2.75, 3.05) is 5.88 Å². The summed E-state index contributed by atoms with van der Waals surface area (Å²) in [5.74, 6) is 0.536. The molecule has 1 aromatic heterocycles. The summed E-state index contributed by atoms with van der Waals surface area (Å²) in [7, 11) is 1.97. The molecule has 2 aromatic carbocycles. The zero-order valence-corrected chi connectivity index (χ0v) is 12.7. The van der Waals surface area contributed by atoms with E-state index in [1.54, 1.807) is 0 Å². The molecule has 3 aromatic rings. The highest BCUT2D eigenvalue weighted by molar-refractivity contribution is 6.18. The predicted octanol–water partition coefficient (Wildman–Crippen LogP) is 3.64. The lowest BCUT2D eigenvalue weighted by molar-refractivity contribution is 0.568. The number of hydrogen-bond acceptors (Lipinski definition) is 2. The van der Waals surface area contributed by atoms with Gasteiger partial charge in [0.15, 0.2) is 0 Å². The number of halogens is 1. The molecule has 1 atom stereocenters. The highest BCUT2D eigenvalue weighted by atomic mass is 35.5. The quantitative estimate of drug-likeness (QED) is 0.729. The molecule has 1 heterocycles. The van der Waals surface area contributed by atoms with Gasteiger partial charge >= 0.3 is 0 Å². The van der Waals surface area contributed by atoms with Gasteiger partial charge in [-0.05, 0) is 11.6 Å². The molecule has 0 aliphatic rings. The molecule has 0 aliphatic carbocycles. The monoisotopic (exact) mass is 299 g/mol. The second-order valence-electron chi connectivity index (χ2n) is 5.09. The van der Waals surface area contributed by atoms with Gasteiger partial charge in [0.2, 0.25) is 0 Å². The SMILES string of the molecule is Cn1nc(CNC(CCl)c2ccccc2)c2ccccc21. The van der Waals surface area contributed by atoms with Crippen LogP contribution in [-0.4, -0.2) is 15.7 Å². The first-order valence-corrected chi connectivity index (χ1v) is 7.58. The minimum Gasteiger partial charge on any atom is -0.303 e. The van der Waals surface area contributed by atoms with Gasteiger partial charge in [-0.25, -0.2) is 0 Å². The second kappa shape index (κ2) is 6.29. The van der Waals surface area contributed by atoms with Gasteiger partial charge in [0, 0.05) is 30.9 Å². The summed E-state index contributed by atoms with van der Waals surface area (Å²) in [5.41, 5.74) is 3.41. The maximum atomic E-state index is 6.10. The van der Waals surface area contributed by atoms with Gasteiger partial charge in [-0.1, -0.05) is 48.5 Å². The first-order valence-electron chi connectivity index (χ1n) is 7.04. The summed E-state index contributed by atoms with van der Waals surface area (Å²) in [6.45, 7) is 0.702. The predicted molar refractivity (Wildman–Crippen MR) is 87.5 cm³/mol. The van der Waals surface area contributed by atoms with Crippen molar-refractivity contribution in [3.8, 4) is 0 Å². The third kappa shape index (κ3) is 2.94. The van der Waals surface area contributed by atoms with Gasteiger partial charge in [-0.2, -0.15) is 5.10 Å². The molecular formula is C17H18ClN3.